The van der Waals surface area contributed by atoms with Gasteiger partial charge in [-0.2, -0.15) is 5.10 Å². The Bertz CT molecular complexity index is 878. The Kier molecular flexibility index (Phi) is 5.27. The van der Waals surface area contributed by atoms with Crippen LogP contribution < -0.4 is 0 Å². The van der Waals surface area contributed by atoms with E-state index in [0.717, 1.165) is 5.69 Å². The summed E-state index contributed by atoms with van der Waals surface area (Å²) in [7, 11) is 3.27. The molecule has 1 aliphatic heterocycles. The zero-order valence-electron chi connectivity index (χ0n) is 15.6. The molecule has 2 amide bonds. The lowest BCUT2D eigenvalue weighted by molar-refractivity contribution is -0.130. The molecule has 3 rings (SSSR count). The molecule has 1 N–H and O–H groups in total. The molecule has 0 spiro atoms. The minimum absolute atomic E-state index is 0.0408. The van der Waals surface area contributed by atoms with Crippen molar-refractivity contribution in [2.24, 2.45) is 0 Å². The summed E-state index contributed by atoms with van der Waals surface area (Å²) < 4.78 is 15.0. The highest BCUT2D eigenvalue weighted by atomic mass is 19.1. The number of aryl methyl sites for hydroxylation is 1. The summed E-state index contributed by atoms with van der Waals surface area (Å²) in [5.41, 5.74) is 2.28. The SMILES string of the molecule is Cc1cc(F)ccc1C(=O)N1CCn2nc([C@@H](O)CC(=O)N(C)C)cc2C1. The molecule has 0 unspecified atom stereocenters. The number of hydrogen-bond acceptors (Lipinski definition) is 4. The molecule has 1 aromatic heterocycles. The summed E-state index contributed by atoms with van der Waals surface area (Å²) in [6.07, 6.45) is -1.03. The topological polar surface area (TPSA) is 78.7 Å². The molecule has 2 aromatic rings. The van der Waals surface area contributed by atoms with Crippen molar-refractivity contribution >= 4 is 11.8 Å². The highest BCUT2D eigenvalue weighted by Gasteiger charge is 2.26. The summed E-state index contributed by atoms with van der Waals surface area (Å²) in [6, 6.07) is 5.85. The second kappa shape index (κ2) is 7.48. The minimum atomic E-state index is -0.985. The zero-order valence-corrected chi connectivity index (χ0v) is 15.6. The molecule has 0 saturated heterocycles. The number of halogens is 1. The van der Waals surface area contributed by atoms with Crippen molar-refractivity contribution in [3.05, 3.63) is 52.6 Å². The lowest BCUT2D eigenvalue weighted by atomic mass is 10.1. The number of aromatic nitrogens is 2. The summed E-state index contributed by atoms with van der Waals surface area (Å²) in [5.74, 6) is -0.714. The van der Waals surface area contributed by atoms with Crippen LogP contribution in [0.4, 0.5) is 4.39 Å². The number of hydrogen-bond donors (Lipinski definition) is 1. The molecule has 0 radical (unpaired) electrons. The van der Waals surface area contributed by atoms with Crippen molar-refractivity contribution in [2.45, 2.75) is 32.5 Å². The average Bonchev–Trinajstić information content (AvgIpc) is 3.04. The van der Waals surface area contributed by atoms with E-state index in [-0.39, 0.29) is 24.1 Å². The van der Waals surface area contributed by atoms with Crippen LogP contribution in [0.25, 0.3) is 0 Å². The molecule has 1 atom stereocenters. The van der Waals surface area contributed by atoms with E-state index in [4.69, 9.17) is 0 Å². The van der Waals surface area contributed by atoms with Gasteiger partial charge in [0.2, 0.25) is 5.91 Å². The summed E-state index contributed by atoms with van der Waals surface area (Å²) in [5, 5.41) is 14.6. The van der Waals surface area contributed by atoms with E-state index in [1.165, 1.54) is 23.1 Å². The number of amides is 2. The van der Waals surface area contributed by atoms with Gasteiger partial charge < -0.3 is 14.9 Å². The molecule has 1 aromatic carbocycles. The quantitative estimate of drug-likeness (QED) is 0.880. The van der Waals surface area contributed by atoms with Crippen LogP contribution in [0, 0.1) is 12.7 Å². The lowest BCUT2D eigenvalue weighted by Crippen LogP contribution is -2.38. The maximum atomic E-state index is 13.3. The van der Waals surface area contributed by atoms with Gasteiger partial charge in [0.05, 0.1) is 30.9 Å². The first-order valence-electron chi connectivity index (χ1n) is 8.76. The maximum absolute atomic E-state index is 13.3. The summed E-state index contributed by atoms with van der Waals surface area (Å²) in [6.45, 7) is 3.02. The van der Waals surface area contributed by atoms with Gasteiger partial charge in [-0.05, 0) is 36.8 Å². The number of nitrogens with zero attached hydrogens (tertiary/aromatic N) is 4. The van der Waals surface area contributed by atoms with Gasteiger partial charge in [-0.25, -0.2) is 4.39 Å². The van der Waals surface area contributed by atoms with Crippen LogP contribution in [-0.2, 0) is 17.9 Å². The van der Waals surface area contributed by atoms with Crippen LogP contribution in [0.5, 0.6) is 0 Å². The molecule has 27 heavy (non-hydrogen) atoms. The maximum Gasteiger partial charge on any atom is 0.254 e. The number of fused-ring (bicyclic) bond motifs is 1. The van der Waals surface area contributed by atoms with E-state index in [1.807, 2.05) is 0 Å². The van der Waals surface area contributed by atoms with Gasteiger partial charge in [0, 0.05) is 26.2 Å². The molecule has 0 fully saturated rings. The number of aliphatic hydroxyl groups is 1. The Hall–Kier alpha value is -2.74. The van der Waals surface area contributed by atoms with Gasteiger partial charge in [0.15, 0.2) is 0 Å². The van der Waals surface area contributed by atoms with E-state index < -0.39 is 6.10 Å². The van der Waals surface area contributed by atoms with E-state index in [1.54, 1.807) is 36.7 Å². The first-order chi connectivity index (χ1) is 12.8. The number of rotatable bonds is 4. The van der Waals surface area contributed by atoms with Crippen LogP contribution in [0.3, 0.4) is 0 Å². The fraction of sp³-hybridized carbons (Fsp3) is 0.421. The fourth-order valence-corrected chi connectivity index (χ4v) is 3.11. The molecular weight excluding hydrogens is 351 g/mol. The average molecular weight is 374 g/mol. The molecule has 1 aliphatic rings. The molecule has 0 bridgehead atoms. The Morgan fingerprint density at radius 1 is 1.30 bits per heavy atom. The highest BCUT2D eigenvalue weighted by molar-refractivity contribution is 5.95. The van der Waals surface area contributed by atoms with Crippen molar-refractivity contribution in [3.8, 4) is 0 Å². The molecule has 0 saturated carbocycles. The van der Waals surface area contributed by atoms with Crippen molar-refractivity contribution in [1.29, 1.82) is 0 Å². The fourth-order valence-electron chi connectivity index (χ4n) is 3.11. The molecule has 8 heteroatoms. The van der Waals surface area contributed by atoms with Crippen LogP contribution in [-0.4, -0.2) is 57.1 Å². The van der Waals surface area contributed by atoms with E-state index >= 15 is 0 Å². The van der Waals surface area contributed by atoms with Gasteiger partial charge in [-0.15, -0.1) is 0 Å². The number of benzene rings is 1. The lowest BCUT2D eigenvalue weighted by Gasteiger charge is -2.28. The number of carbonyl (C=O) groups excluding carboxylic acids is 2. The smallest absolute Gasteiger partial charge is 0.254 e. The van der Waals surface area contributed by atoms with Gasteiger partial charge in [-0.3, -0.25) is 14.3 Å². The van der Waals surface area contributed by atoms with Gasteiger partial charge >= 0.3 is 0 Å². The molecule has 144 valence electrons. The van der Waals surface area contributed by atoms with Crippen LogP contribution in [0.1, 0.15) is 39.8 Å². The predicted molar refractivity (Wildman–Crippen MR) is 96.4 cm³/mol. The van der Waals surface area contributed by atoms with Crippen LogP contribution in [0.2, 0.25) is 0 Å². The largest absolute Gasteiger partial charge is 0.386 e. The highest BCUT2D eigenvalue weighted by Crippen LogP contribution is 2.22. The van der Waals surface area contributed by atoms with Crippen molar-refractivity contribution in [2.75, 3.05) is 20.6 Å². The van der Waals surface area contributed by atoms with Gasteiger partial charge in [0.1, 0.15) is 11.9 Å². The van der Waals surface area contributed by atoms with E-state index in [9.17, 15) is 19.1 Å². The number of carbonyl (C=O) groups is 2. The van der Waals surface area contributed by atoms with Crippen molar-refractivity contribution in [3.63, 3.8) is 0 Å². The van der Waals surface area contributed by atoms with Crippen molar-refractivity contribution in [1.82, 2.24) is 19.6 Å². The molecular formula is C19H23FN4O3. The van der Waals surface area contributed by atoms with Crippen LogP contribution >= 0.6 is 0 Å². The zero-order chi connectivity index (χ0) is 19.7. The molecule has 0 aliphatic carbocycles. The Balaban J connectivity index is 1.74. The first kappa shape index (κ1) is 19.0. The standard InChI is InChI=1S/C19H23FN4O3/c1-12-8-13(20)4-5-15(12)19(27)23-6-7-24-14(11-23)9-16(21-24)17(25)10-18(26)22(2)3/h4-5,8-9,17,25H,6-7,10-11H2,1-3H3/t17-/m0/s1. The second-order valence-electron chi connectivity index (χ2n) is 6.98. The third kappa shape index (κ3) is 4.00. The monoisotopic (exact) mass is 374 g/mol. The minimum Gasteiger partial charge on any atom is -0.386 e. The molecule has 2 heterocycles. The normalized spacial score (nSPS) is 14.6. The first-order valence-corrected chi connectivity index (χ1v) is 8.76. The van der Waals surface area contributed by atoms with E-state index in [2.05, 4.69) is 5.10 Å². The van der Waals surface area contributed by atoms with Crippen molar-refractivity contribution < 1.29 is 19.1 Å². The third-order valence-corrected chi connectivity index (χ3v) is 4.73. The Labute approximate surface area is 157 Å². The molecule has 7 nitrogen and oxygen atoms in total. The summed E-state index contributed by atoms with van der Waals surface area (Å²) >= 11 is 0. The second-order valence-corrected chi connectivity index (χ2v) is 6.98. The summed E-state index contributed by atoms with van der Waals surface area (Å²) in [4.78, 5) is 27.7. The third-order valence-electron chi connectivity index (χ3n) is 4.73. The van der Waals surface area contributed by atoms with Crippen LogP contribution in [0.15, 0.2) is 24.3 Å². The van der Waals surface area contributed by atoms with Gasteiger partial charge in [-0.1, -0.05) is 0 Å². The number of aliphatic hydroxyl groups excluding tert-OH is 1. The predicted octanol–water partition coefficient (Wildman–Crippen LogP) is 1.50. The van der Waals surface area contributed by atoms with Gasteiger partial charge in [0.25, 0.3) is 5.91 Å². The Morgan fingerprint density at radius 3 is 2.70 bits per heavy atom. The Morgan fingerprint density at radius 2 is 2.04 bits per heavy atom. The van der Waals surface area contributed by atoms with E-state index in [0.29, 0.717) is 36.5 Å².